The largest absolute Gasteiger partial charge is 0.507 e. The molecule has 7 heterocycles. The normalized spacial score (nSPS) is 22.9. The van der Waals surface area contributed by atoms with E-state index in [2.05, 4.69) is 37.2 Å². The number of likely N-dealkylation sites (tertiary alicyclic amines) is 3. The number of aromatic amines is 1. The van der Waals surface area contributed by atoms with Crippen molar-refractivity contribution in [2.45, 2.75) is 102 Å². The molecular weight excluding hydrogens is 739 g/mol. The van der Waals surface area contributed by atoms with Crippen LogP contribution in [0.5, 0.6) is 5.75 Å². The number of phenols is 1. The number of phenolic OH excluding ortho intramolecular Hbond substituents is 1. The molecular formula is C42H55N11O5. The van der Waals surface area contributed by atoms with Crippen LogP contribution in [0.25, 0.3) is 22.3 Å². The Bertz CT molecular complexity index is 2150. The number of benzene rings is 1. The topological polar surface area (TPSA) is 210 Å². The molecule has 16 heteroatoms. The molecule has 16 nitrogen and oxygen atoms in total. The van der Waals surface area contributed by atoms with Crippen molar-refractivity contribution >= 4 is 34.8 Å². The number of anilines is 1. The van der Waals surface area contributed by atoms with E-state index in [1.165, 1.54) is 4.90 Å². The molecule has 4 amide bonds. The molecule has 0 aliphatic carbocycles. The minimum atomic E-state index is -0.889. The monoisotopic (exact) mass is 793 g/mol. The first-order chi connectivity index (χ1) is 27.8. The molecule has 3 saturated heterocycles. The third-order valence-electron chi connectivity index (χ3n) is 12.8. The lowest BCUT2D eigenvalue weighted by Crippen LogP contribution is -2.60. The predicted octanol–water partition coefficient (Wildman–Crippen LogP) is 3.46. The van der Waals surface area contributed by atoms with Gasteiger partial charge in [-0.1, -0.05) is 32.9 Å². The minimum absolute atomic E-state index is 0.00822. The maximum absolute atomic E-state index is 13.6. The number of aromatic nitrogens is 5. The summed E-state index contributed by atoms with van der Waals surface area (Å²) in [5.41, 5.74) is 10.4. The van der Waals surface area contributed by atoms with E-state index in [1.54, 1.807) is 17.0 Å². The van der Waals surface area contributed by atoms with Crippen LogP contribution in [0.2, 0.25) is 0 Å². The molecule has 8 rings (SSSR count). The van der Waals surface area contributed by atoms with Gasteiger partial charge in [-0.05, 0) is 80.8 Å². The molecule has 4 aliphatic heterocycles. The summed E-state index contributed by atoms with van der Waals surface area (Å²) >= 11 is 0. The van der Waals surface area contributed by atoms with E-state index in [4.69, 9.17) is 15.7 Å². The van der Waals surface area contributed by atoms with Crippen LogP contribution < -0.4 is 16.0 Å². The summed E-state index contributed by atoms with van der Waals surface area (Å²) in [6, 6.07) is 7.49. The van der Waals surface area contributed by atoms with Gasteiger partial charge in [0.25, 0.3) is 0 Å². The number of aliphatic hydroxyl groups excluding tert-OH is 1. The van der Waals surface area contributed by atoms with Crippen molar-refractivity contribution in [3.63, 3.8) is 0 Å². The molecule has 0 spiro atoms. The van der Waals surface area contributed by atoms with Crippen molar-refractivity contribution in [2.24, 2.45) is 11.1 Å². The number of hydrogen-bond donors (Lipinski definition) is 5. The number of aliphatic hydroxyl groups is 1. The lowest BCUT2D eigenvalue weighted by molar-refractivity contribution is -0.141. The maximum Gasteiger partial charge on any atom is 0.318 e. The highest BCUT2D eigenvalue weighted by Crippen LogP contribution is 2.39. The van der Waals surface area contributed by atoms with Gasteiger partial charge < -0.3 is 45.8 Å². The number of nitrogens with one attached hydrogen (secondary N) is 2. The van der Waals surface area contributed by atoms with E-state index >= 15 is 0 Å². The number of para-hydroxylation sites is 1. The van der Waals surface area contributed by atoms with E-state index in [0.717, 1.165) is 79.6 Å². The number of aromatic hydroxyl groups is 1. The molecule has 1 aromatic carbocycles. The zero-order valence-corrected chi connectivity index (χ0v) is 33.8. The molecule has 3 aromatic heterocycles. The Morgan fingerprint density at radius 3 is 2.36 bits per heavy atom. The highest BCUT2D eigenvalue weighted by Gasteiger charge is 2.44. The van der Waals surface area contributed by atoms with Gasteiger partial charge in [0.05, 0.1) is 17.8 Å². The van der Waals surface area contributed by atoms with E-state index < -0.39 is 35.4 Å². The Hall–Kier alpha value is -5.35. The number of amides is 4. The molecule has 4 atom stereocenters. The number of hydrogen-bond acceptors (Lipinski definition) is 11. The second-order valence-electron chi connectivity index (χ2n) is 17.5. The molecule has 4 aliphatic rings. The van der Waals surface area contributed by atoms with Gasteiger partial charge in [0, 0.05) is 79.7 Å². The van der Waals surface area contributed by atoms with Crippen molar-refractivity contribution in [2.75, 3.05) is 44.2 Å². The summed E-state index contributed by atoms with van der Waals surface area (Å²) < 4.78 is 0. The molecule has 4 aromatic rings. The molecule has 0 radical (unpaired) electrons. The lowest BCUT2D eigenvalue weighted by atomic mass is 9.85. The van der Waals surface area contributed by atoms with Gasteiger partial charge in [0.1, 0.15) is 17.8 Å². The fourth-order valence-corrected chi connectivity index (χ4v) is 9.49. The quantitative estimate of drug-likeness (QED) is 0.183. The lowest BCUT2D eigenvalue weighted by Gasteiger charge is -2.42. The smallest absolute Gasteiger partial charge is 0.318 e. The van der Waals surface area contributed by atoms with Crippen LogP contribution in [-0.4, -0.2) is 131 Å². The van der Waals surface area contributed by atoms with E-state index in [0.29, 0.717) is 42.3 Å². The van der Waals surface area contributed by atoms with Crippen LogP contribution in [0.3, 0.4) is 0 Å². The van der Waals surface area contributed by atoms with E-state index in [-0.39, 0.29) is 30.8 Å². The van der Waals surface area contributed by atoms with Crippen molar-refractivity contribution in [1.82, 2.24) is 45.2 Å². The van der Waals surface area contributed by atoms with Crippen LogP contribution in [0.15, 0.2) is 42.7 Å². The standard InChI is InChI=1S/C42H55N11O5/c1-24-35-30-20-32(29-7-5-6-8-34(29)55)48-49-38(30)46-31(35)13-18-52(24)40-44-21-26(22-45-40)25-9-14-50(15-10-25)27-11-16-51(17-12-27)41(58)47-36(42(2,3)4)39(57)53-23-28(54)19-33(53)37(43)56/h5-8,20-22,24-25,27-28,33,36,54-55H,9-19,23H2,1-4H3,(H2,43,56)(H,46,49)(H,47,58)/t24-,28-,33+,36-/m1/s1. The number of piperidine rings is 2. The zero-order chi connectivity index (χ0) is 40.9. The summed E-state index contributed by atoms with van der Waals surface area (Å²) in [6.45, 7) is 11.7. The summed E-state index contributed by atoms with van der Waals surface area (Å²) in [5, 5.41) is 33.4. The van der Waals surface area contributed by atoms with Gasteiger partial charge in [-0.25, -0.2) is 14.8 Å². The van der Waals surface area contributed by atoms with Gasteiger partial charge in [0.15, 0.2) is 5.65 Å². The highest BCUT2D eigenvalue weighted by molar-refractivity contribution is 5.92. The van der Waals surface area contributed by atoms with Crippen LogP contribution in [0.1, 0.15) is 88.6 Å². The zero-order valence-electron chi connectivity index (χ0n) is 33.8. The number of nitrogens with zero attached hydrogens (tertiary/aromatic N) is 8. The first-order valence-electron chi connectivity index (χ1n) is 20.6. The molecule has 0 bridgehead atoms. The van der Waals surface area contributed by atoms with Gasteiger partial charge in [0.2, 0.25) is 17.8 Å². The second-order valence-corrected chi connectivity index (χ2v) is 17.5. The Morgan fingerprint density at radius 2 is 1.69 bits per heavy atom. The van der Waals surface area contributed by atoms with Crippen LogP contribution in [-0.2, 0) is 16.0 Å². The molecule has 0 unspecified atom stereocenters. The predicted molar refractivity (Wildman–Crippen MR) is 218 cm³/mol. The van der Waals surface area contributed by atoms with Crippen LogP contribution >= 0.6 is 0 Å². The number of urea groups is 1. The van der Waals surface area contributed by atoms with E-state index in [1.807, 2.05) is 51.4 Å². The number of β-amino-alcohol motifs (C(OH)–C–C–N with tert-alkyl or cyclic N) is 1. The fraction of sp³-hybridized carbons (Fsp3) is 0.548. The summed E-state index contributed by atoms with van der Waals surface area (Å²) in [5.74, 6) is 0.187. The summed E-state index contributed by atoms with van der Waals surface area (Å²) in [7, 11) is 0. The first-order valence-corrected chi connectivity index (χ1v) is 20.6. The Labute approximate surface area is 338 Å². The van der Waals surface area contributed by atoms with Crippen molar-refractivity contribution < 1.29 is 24.6 Å². The Balaban J connectivity index is 0.843. The first kappa shape index (κ1) is 39.5. The average molecular weight is 794 g/mol. The average Bonchev–Trinajstić information content (AvgIpc) is 3.80. The summed E-state index contributed by atoms with van der Waals surface area (Å²) in [4.78, 5) is 60.3. The third kappa shape index (κ3) is 7.66. The molecule has 0 saturated carbocycles. The third-order valence-corrected chi connectivity index (χ3v) is 12.8. The number of rotatable bonds is 7. The van der Waals surface area contributed by atoms with Gasteiger partial charge >= 0.3 is 6.03 Å². The number of carbonyl (C=O) groups is 3. The number of carbonyl (C=O) groups excluding carboxylic acids is 3. The van der Waals surface area contributed by atoms with Crippen molar-refractivity contribution in [1.29, 1.82) is 0 Å². The Kier molecular flexibility index (Phi) is 10.7. The highest BCUT2D eigenvalue weighted by atomic mass is 16.3. The van der Waals surface area contributed by atoms with E-state index in [9.17, 15) is 24.6 Å². The van der Waals surface area contributed by atoms with Crippen LogP contribution in [0.4, 0.5) is 10.7 Å². The van der Waals surface area contributed by atoms with Crippen molar-refractivity contribution in [3.8, 4) is 17.0 Å². The van der Waals surface area contributed by atoms with Crippen LogP contribution in [0, 0.1) is 5.41 Å². The second kappa shape index (κ2) is 15.8. The molecule has 6 N–H and O–H groups in total. The van der Waals surface area contributed by atoms with Gasteiger partial charge in [-0.15, -0.1) is 10.2 Å². The Morgan fingerprint density at radius 1 is 0.983 bits per heavy atom. The molecule has 58 heavy (non-hydrogen) atoms. The number of nitrogens with two attached hydrogens (primary N) is 1. The minimum Gasteiger partial charge on any atom is -0.507 e. The summed E-state index contributed by atoms with van der Waals surface area (Å²) in [6.07, 6.45) is 7.78. The molecule has 3 fully saturated rings. The van der Waals surface area contributed by atoms with Gasteiger partial charge in [-0.2, -0.15) is 0 Å². The fourth-order valence-electron chi connectivity index (χ4n) is 9.49. The number of primary amides is 1. The maximum atomic E-state index is 13.6. The van der Waals surface area contributed by atoms with Gasteiger partial charge in [-0.3, -0.25) is 9.59 Å². The SMILES string of the molecule is C[C@@H]1c2c([nH]c3nnc(-c4ccccc4O)cc23)CCN1c1ncc(C2CCN(C3CCN(C(=O)N[C@H](C(=O)N4C[C@H](O)C[C@H]4C(N)=O)C(C)(C)C)CC3)CC2)cn1. The molecule has 308 valence electrons. The number of fused-ring (bicyclic) bond motifs is 3. The number of H-pyrrole nitrogens is 1. The van der Waals surface area contributed by atoms with Crippen molar-refractivity contribution in [3.05, 3.63) is 59.5 Å².